The minimum atomic E-state index is -0.335. The largest absolute Gasteiger partial charge is 0.345 e. The number of carbonyl (C=O) groups is 1. The van der Waals surface area contributed by atoms with Gasteiger partial charge in [0.2, 0.25) is 0 Å². The molecular weight excluding hydrogens is 200 g/mol. The van der Waals surface area contributed by atoms with Crippen LogP contribution in [0, 0.1) is 5.92 Å². The van der Waals surface area contributed by atoms with Crippen molar-refractivity contribution in [3.8, 4) is 0 Å². The summed E-state index contributed by atoms with van der Waals surface area (Å²) >= 11 is 3.15. The molecule has 0 saturated heterocycles. The molecule has 0 aromatic heterocycles. The lowest BCUT2D eigenvalue weighted by Gasteiger charge is -2.04. The Kier molecular flexibility index (Phi) is 5.63. The van der Waals surface area contributed by atoms with Crippen LogP contribution in [0.15, 0.2) is 0 Å². The monoisotopic (exact) mass is 210 g/mol. The van der Waals surface area contributed by atoms with E-state index in [9.17, 15) is 4.79 Å². The van der Waals surface area contributed by atoms with Crippen LogP contribution in [0.2, 0.25) is 0 Å². The van der Waals surface area contributed by atoms with Gasteiger partial charge in [0.1, 0.15) is 0 Å². The lowest BCUT2D eigenvalue weighted by molar-refractivity contribution is -0.272. The molecule has 0 heterocycles. The van der Waals surface area contributed by atoms with Gasteiger partial charge in [-0.05, 0) is 6.92 Å². The molecule has 0 fully saturated rings. The van der Waals surface area contributed by atoms with Crippen molar-refractivity contribution in [2.24, 2.45) is 5.92 Å². The molecule has 60 valence electrons. The summed E-state index contributed by atoms with van der Waals surface area (Å²) in [7, 11) is 0. The van der Waals surface area contributed by atoms with Crippen molar-refractivity contribution in [2.45, 2.75) is 13.8 Å². The van der Waals surface area contributed by atoms with Gasteiger partial charge in [-0.2, -0.15) is 4.89 Å². The molecule has 0 rings (SSSR count). The highest BCUT2D eigenvalue weighted by Gasteiger charge is 2.12. The Hall–Kier alpha value is -0.0900. The first kappa shape index (κ1) is 9.91. The van der Waals surface area contributed by atoms with E-state index in [0.717, 1.165) is 0 Å². The van der Waals surface area contributed by atoms with E-state index in [4.69, 9.17) is 0 Å². The number of carbonyl (C=O) groups excluding carboxylic acids is 1. The second-order valence-corrected chi connectivity index (χ2v) is 2.51. The molecule has 0 amide bonds. The molecule has 1 atom stereocenters. The Morgan fingerprint density at radius 1 is 1.70 bits per heavy atom. The van der Waals surface area contributed by atoms with Gasteiger partial charge in [-0.1, -0.05) is 22.9 Å². The molecule has 10 heavy (non-hydrogen) atoms. The van der Waals surface area contributed by atoms with Gasteiger partial charge in [-0.15, -0.1) is 0 Å². The summed E-state index contributed by atoms with van der Waals surface area (Å²) in [5.41, 5.74) is 0. The summed E-state index contributed by atoms with van der Waals surface area (Å²) in [6.07, 6.45) is 0. The highest BCUT2D eigenvalue weighted by atomic mass is 79.9. The molecule has 0 spiro atoms. The van der Waals surface area contributed by atoms with Crippen molar-refractivity contribution < 1.29 is 14.6 Å². The second kappa shape index (κ2) is 5.68. The number of alkyl halides is 1. The maximum absolute atomic E-state index is 10.8. The summed E-state index contributed by atoms with van der Waals surface area (Å²) in [5.74, 6) is -0.481. The predicted octanol–water partition coefficient (Wildman–Crippen LogP) is 1.51. The van der Waals surface area contributed by atoms with Gasteiger partial charge in [0.05, 0.1) is 12.5 Å². The molecule has 0 saturated carbocycles. The fraction of sp³-hybridized carbons (Fsp3) is 0.833. The van der Waals surface area contributed by atoms with Gasteiger partial charge in [-0.25, -0.2) is 4.79 Å². The van der Waals surface area contributed by atoms with Gasteiger partial charge in [-0.3, -0.25) is 4.89 Å². The maximum Gasteiger partial charge on any atom is 0.345 e. The van der Waals surface area contributed by atoms with E-state index in [1.807, 2.05) is 0 Å². The van der Waals surface area contributed by atoms with Gasteiger partial charge in [0.15, 0.2) is 0 Å². The Morgan fingerprint density at radius 2 is 2.30 bits per heavy atom. The summed E-state index contributed by atoms with van der Waals surface area (Å²) in [4.78, 5) is 19.6. The van der Waals surface area contributed by atoms with E-state index >= 15 is 0 Å². The molecule has 1 unspecified atom stereocenters. The van der Waals surface area contributed by atoms with Crippen molar-refractivity contribution >= 4 is 21.9 Å². The Balaban J connectivity index is 3.42. The minimum Gasteiger partial charge on any atom is -0.298 e. The van der Waals surface area contributed by atoms with Crippen LogP contribution in [0.25, 0.3) is 0 Å². The van der Waals surface area contributed by atoms with Crippen LogP contribution in [0.1, 0.15) is 13.8 Å². The van der Waals surface area contributed by atoms with Gasteiger partial charge >= 0.3 is 5.97 Å². The lowest BCUT2D eigenvalue weighted by atomic mass is 10.2. The third kappa shape index (κ3) is 3.85. The average Bonchev–Trinajstić information content (AvgIpc) is 1.98. The van der Waals surface area contributed by atoms with Crippen LogP contribution < -0.4 is 0 Å². The molecular formula is C6H11BrO3. The van der Waals surface area contributed by atoms with E-state index in [1.54, 1.807) is 13.8 Å². The smallest absolute Gasteiger partial charge is 0.298 e. The Labute approximate surface area is 68.7 Å². The van der Waals surface area contributed by atoms with Gasteiger partial charge < -0.3 is 0 Å². The van der Waals surface area contributed by atoms with Crippen molar-refractivity contribution in [3.05, 3.63) is 0 Å². The van der Waals surface area contributed by atoms with Crippen LogP contribution in [0.5, 0.6) is 0 Å². The zero-order valence-corrected chi connectivity index (χ0v) is 7.68. The Morgan fingerprint density at radius 3 is 2.70 bits per heavy atom. The lowest BCUT2D eigenvalue weighted by Crippen LogP contribution is -2.15. The second-order valence-electron chi connectivity index (χ2n) is 1.86. The zero-order chi connectivity index (χ0) is 7.98. The Bertz CT molecular complexity index is 105. The molecule has 0 aliphatic carbocycles. The first-order valence-corrected chi connectivity index (χ1v) is 4.23. The van der Waals surface area contributed by atoms with E-state index in [0.29, 0.717) is 11.9 Å². The summed E-state index contributed by atoms with van der Waals surface area (Å²) in [6.45, 7) is 3.91. The quantitative estimate of drug-likeness (QED) is 0.401. The first-order chi connectivity index (χ1) is 4.72. The first-order valence-electron chi connectivity index (χ1n) is 3.11. The van der Waals surface area contributed by atoms with Crippen LogP contribution in [-0.2, 0) is 14.6 Å². The molecule has 0 bridgehead atoms. The normalized spacial score (nSPS) is 12.7. The third-order valence-electron chi connectivity index (χ3n) is 0.893. The van der Waals surface area contributed by atoms with E-state index in [1.165, 1.54) is 0 Å². The number of rotatable bonds is 4. The SMILES string of the molecule is CCOOC(=O)C(C)CBr. The number of hydrogen-bond donors (Lipinski definition) is 0. The summed E-state index contributed by atoms with van der Waals surface area (Å²) in [6, 6.07) is 0. The van der Waals surface area contributed by atoms with E-state index in [2.05, 4.69) is 25.7 Å². The summed E-state index contributed by atoms with van der Waals surface area (Å²) < 4.78 is 0. The maximum atomic E-state index is 10.8. The molecule has 0 aliphatic heterocycles. The molecule has 0 aliphatic rings. The van der Waals surface area contributed by atoms with E-state index in [-0.39, 0.29) is 11.9 Å². The fourth-order valence-corrected chi connectivity index (χ4v) is 0.526. The topological polar surface area (TPSA) is 35.5 Å². The van der Waals surface area contributed by atoms with Crippen LogP contribution in [-0.4, -0.2) is 17.9 Å². The van der Waals surface area contributed by atoms with Crippen molar-refractivity contribution in [1.29, 1.82) is 0 Å². The third-order valence-corrected chi connectivity index (χ3v) is 1.86. The van der Waals surface area contributed by atoms with Crippen molar-refractivity contribution in [1.82, 2.24) is 0 Å². The highest BCUT2D eigenvalue weighted by molar-refractivity contribution is 9.09. The van der Waals surface area contributed by atoms with Crippen molar-refractivity contribution in [2.75, 3.05) is 11.9 Å². The minimum absolute atomic E-state index is 0.147. The molecule has 3 nitrogen and oxygen atoms in total. The number of halogens is 1. The van der Waals surface area contributed by atoms with Crippen LogP contribution >= 0.6 is 15.9 Å². The molecule has 0 radical (unpaired) electrons. The molecule has 0 N–H and O–H groups in total. The van der Waals surface area contributed by atoms with Crippen LogP contribution in [0.4, 0.5) is 0 Å². The summed E-state index contributed by atoms with van der Waals surface area (Å²) in [5, 5.41) is 0.596. The molecule has 0 aromatic rings. The molecule has 4 heteroatoms. The number of hydrogen-bond acceptors (Lipinski definition) is 3. The predicted molar refractivity (Wildman–Crippen MR) is 40.7 cm³/mol. The van der Waals surface area contributed by atoms with E-state index < -0.39 is 0 Å². The van der Waals surface area contributed by atoms with Gasteiger partial charge in [0, 0.05) is 5.33 Å². The van der Waals surface area contributed by atoms with Crippen LogP contribution in [0.3, 0.4) is 0 Å². The molecule has 0 aromatic carbocycles. The van der Waals surface area contributed by atoms with Crippen molar-refractivity contribution in [3.63, 3.8) is 0 Å². The van der Waals surface area contributed by atoms with Gasteiger partial charge in [0.25, 0.3) is 0 Å². The average molecular weight is 211 g/mol. The highest BCUT2D eigenvalue weighted by Crippen LogP contribution is 2.02. The zero-order valence-electron chi connectivity index (χ0n) is 6.09. The standard InChI is InChI=1S/C6H11BrO3/c1-3-9-10-6(8)5(2)4-7/h5H,3-4H2,1-2H3. The fourth-order valence-electron chi connectivity index (χ4n) is 0.262.